The summed E-state index contributed by atoms with van der Waals surface area (Å²) in [6.07, 6.45) is 1.79. The molecule has 1 aliphatic heterocycles. The van der Waals surface area contributed by atoms with Crippen LogP contribution < -0.4 is 15.0 Å². The molecule has 5 heteroatoms. The van der Waals surface area contributed by atoms with Gasteiger partial charge in [-0.15, -0.1) is 0 Å². The summed E-state index contributed by atoms with van der Waals surface area (Å²) in [6, 6.07) is 13.4. The Bertz CT molecular complexity index is 779. The van der Waals surface area contributed by atoms with Crippen LogP contribution in [0.15, 0.2) is 42.5 Å². The zero-order valence-corrected chi connectivity index (χ0v) is 15.2. The molecular weight excluding hydrogens is 328 g/mol. The average Bonchev–Trinajstić information content (AvgIpc) is 3.04. The van der Waals surface area contributed by atoms with Crippen molar-refractivity contribution in [3.05, 3.63) is 53.6 Å². The van der Waals surface area contributed by atoms with Gasteiger partial charge in [0.15, 0.2) is 0 Å². The van der Waals surface area contributed by atoms with Crippen LogP contribution in [0.5, 0.6) is 5.75 Å². The van der Waals surface area contributed by atoms with Gasteiger partial charge in [0.25, 0.3) is 0 Å². The van der Waals surface area contributed by atoms with E-state index in [0.717, 1.165) is 41.2 Å². The molecule has 26 heavy (non-hydrogen) atoms. The molecule has 1 aliphatic rings. The molecule has 0 spiro atoms. The highest BCUT2D eigenvalue weighted by atomic mass is 16.5. The quantitative estimate of drug-likeness (QED) is 0.859. The fraction of sp³-hybridized carbons (Fsp3) is 0.333. The zero-order chi connectivity index (χ0) is 18.5. The summed E-state index contributed by atoms with van der Waals surface area (Å²) in [5.41, 5.74) is 3.73. The van der Waals surface area contributed by atoms with Gasteiger partial charge in [-0.3, -0.25) is 9.59 Å². The van der Waals surface area contributed by atoms with E-state index in [1.165, 1.54) is 0 Å². The molecule has 0 aromatic heterocycles. The second-order valence-corrected chi connectivity index (χ2v) is 6.56. The molecule has 1 heterocycles. The largest absolute Gasteiger partial charge is 0.493 e. The number of carbonyl (C=O) groups is 2. The van der Waals surface area contributed by atoms with Gasteiger partial charge in [0, 0.05) is 24.3 Å². The summed E-state index contributed by atoms with van der Waals surface area (Å²) in [4.78, 5) is 25.7. The molecule has 0 bridgehead atoms. The SMILES string of the molecule is Cc1cccc(C)c1OCCC(=O)Nc1ccc(N2CCCC2=O)cc1. The lowest BCUT2D eigenvalue weighted by Gasteiger charge is -2.16. The fourth-order valence-corrected chi connectivity index (χ4v) is 3.14. The first kappa shape index (κ1) is 18.0. The van der Waals surface area contributed by atoms with Crippen LogP contribution >= 0.6 is 0 Å². The smallest absolute Gasteiger partial charge is 0.227 e. The maximum absolute atomic E-state index is 12.1. The predicted octanol–water partition coefficient (Wildman–Crippen LogP) is 3.84. The first-order valence-electron chi connectivity index (χ1n) is 8.94. The van der Waals surface area contributed by atoms with Crippen molar-refractivity contribution in [1.82, 2.24) is 0 Å². The van der Waals surface area contributed by atoms with Crippen molar-refractivity contribution < 1.29 is 14.3 Å². The molecule has 5 nitrogen and oxygen atoms in total. The lowest BCUT2D eigenvalue weighted by atomic mass is 10.1. The second-order valence-electron chi connectivity index (χ2n) is 6.56. The minimum Gasteiger partial charge on any atom is -0.493 e. The average molecular weight is 352 g/mol. The van der Waals surface area contributed by atoms with Crippen LogP contribution in [0.25, 0.3) is 0 Å². The van der Waals surface area contributed by atoms with Gasteiger partial charge in [0.2, 0.25) is 11.8 Å². The van der Waals surface area contributed by atoms with Crippen molar-refractivity contribution in [2.45, 2.75) is 33.1 Å². The van der Waals surface area contributed by atoms with E-state index in [2.05, 4.69) is 5.32 Å². The maximum Gasteiger partial charge on any atom is 0.227 e. The Hall–Kier alpha value is -2.82. The van der Waals surface area contributed by atoms with Crippen LogP contribution in [-0.4, -0.2) is 25.0 Å². The molecule has 0 atom stereocenters. The lowest BCUT2D eigenvalue weighted by molar-refractivity contribution is -0.117. The fourth-order valence-electron chi connectivity index (χ4n) is 3.14. The second kappa shape index (κ2) is 8.04. The Morgan fingerprint density at radius 2 is 1.81 bits per heavy atom. The van der Waals surface area contributed by atoms with Crippen molar-refractivity contribution >= 4 is 23.2 Å². The van der Waals surface area contributed by atoms with Gasteiger partial charge < -0.3 is 15.0 Å². The molecule has 2 amide bonds. The van der Waals surface area contributed by atoms with E-state index in [1.807, 2.05) is 56.3 Å². The van der Waals surface area contributed by atoms with Crippen LogP contribution in [0.3, 0.4) is 0 Å². The molecule has 2 aromatic rings. The number of anilines is 2. The third-order valence-electron chi connectivity index (χ3n) is 4.52. The molecular formula is C21H24N2O3. The van der Waals surface area contributed by atoms with Gasteiger partial charge >= 0.3 is 0 Å². The summed E-state index contributed by atoms with van der Waals surface area (Å²) in [7, 11) is 0. The molecule has 0 unspecified atom stereocenters. The van der Waals surface area contributed by atoms with Crippen molar-refractivity contribution in [3.8, 4) is 5.75 Å². The first-order chi connectivity index (χ1) is 12.5. The summed E-state index contributed by atoms with van der Waals surface area (Å²) < 4.78 is 5.77. The van der Waals surface area contributed by atoms with Crippen LogP contribution in [-0.2, 0) is 9.59 Å². The van der Waals surface area contributed by atoms with Crippen molar-refractivity contribution in [2.75, 3.05) is 23.4 Å². The van der Waals surface area contributed by atoms with Crippen LogP contribution in [0.2, 0.25) is 0 Å². The molecule has 0 radical (unpaired) electrons. The summed E-state index contributed by atoms with van der Waals surface area (Å²) in [5, 5.41) is 2.86. The highest BCUT2D eigenvalue weighted by Gasteiger charge is 2.21. The van der Waals surface area contributed by atoms with Crippen molar-refractivity contribution in [1.29, 1.82) is 0 Å². The minimum atomic E-state index is -0.0961. The molecule has 2 aromatic carbocycles. The third-order valence-corrected chi connectivity index (χ3v) is 4.52. The Morgan fingerprint density at radius 3 is 2.42 bits per heavy atom. The van der Waals surface area contributed by atoms with Crippen LogP contribution in [0, 0.1) is 13.8 Å². The van der Waals surface area contributed by atoms with Crippen LogP contribution in [0.4, 0.5) is 11.4 Å². The highest BCUT2D eigenvalue weighted by molar-refractivity contribution is 5.96. The van der Waals surface area contributed by atoms with E-state index in [-0.39, 0.29) is 18.2 Å². The van der Waals surface area contributed by atoms with Crippen molar-refractivity contribution in [3.63, 3.8) is 0 Å². The summed E-state index contributed by atoms with van der Waals surface area (Å²) in [5.74, 6) is 0.909. The lowest BCUT2D eigenvalue weighted by Crippen LogP contribution is -2.23. The summed E-state index contributed by atoms with van der Waals surface area (Å²) >= 11 is 0. The topological polar surface area (TPSA) is 58.6 Å². The Kier molecular flexibility index (Phi) is 5.56. The van der Waals surface area contributed by atoms with Gasteiger partial charge in [-0.2, -0.15) is 0 Å². The Labute approximate surface area is 154 Å². The number of carbonyl (C=O) groups excluding carboxylic acids is 2. The number of aryl methyl sites for hydroxylation is 2. The van der Waals surface area contributed by atoms with E-state index in [1.54, 1.807) is 4.90 Å². The predicted molar refractivity (Wildman–Crippen MR) is 103 cm³/mol. The highest BCUT2D eigenvalue weighted by Crippen LogP contribution is 2.24. The van der Waals surface area contributed by atoms with Gasteiger partial charge in [-0.05, 0) is 55.7 Å². The van der Waals surface area contributed by atoms with Gasteiger partial charge in [-0.1, -0.05) is 18.2 Å². The Balaban J connectivity index is 1.49. The normalized spacial score (nSPS) is 13.8. The van der Waals surface area contributed by atoms with Gasteiger partial charge in [0.1, 0.15) is 5.75 Å². The zero-order valence-electron chi connectivity index (χ0n) is 15.2. The molecule has 1 saturated heterocycles. The standard InChI is InChI=1S/C21H24N2O3/c1-15-5-3-6-16(2)21(15)26-14-12-19(24)22-17-8-10-18(11-9-17)23-13-4-7-20(23)25/h3,5-6,8-11H,4,7,12-14H2,1-2H3,(H,22,24). The molecule has 3 rings (SSSR count). The van der Waals surface area contributed by atoms with E-state index in [4.69, 9.17) is 4.74 Å². The monoisotopic (exact) mass is 352 g/mol. The molecule has 0 aliphatic carbocycles. The molecule has 0 saturated carbocycles. The molecule has 1 N–H and O–H groups in total. The number of para-hydroxylation sites is 1. The van der Waals surface area contributed by atoms with Crippen LogP contribution in [0.1, 0.15) is 30.4 Å². The summed E-state index contributed by atoms with van der Waals surface area (Å²) in [6.45, 7) is 5.09. The number of amides is 2. The number of hydrogen-bond acceptors (Lipinski definition) is 3. The number of ether oxygens (including phenoxy) is 1. The van der Waals surface area contributed by atoms with E-state index >= 15 is 0 Å². The number of rotatable bonds is 6. The number of hydrogen-bond donors (Lipinski definition) is 1. The van der Waals surface area contributed by atoms with E-state index in [9.17, 15) is 9.59 Å². The number of nitrogens with one attached hydrogen (secondary N) is 1. The Morgan fingerprint density at radius 1 is 1.12 bits per heavy atom. The van der Waals surface area contributed by atoms with Crippen molar-refractivity contribution in [2.24, 2.45) is 0 Å². The molecule has 1 fully saturated rings. The van der Waals surface area contributed by atoms with Gasteiger partial charge in [0.05, 0.1) is 13.0 Å². The van der Waals surface area contributed by atoms with E-state index in [0.29, 0.717) is 13.0 Å². The first-order valence-corrected chi connectivity index (χ1v) is 8.94. The molecule has 136 valence electrons. The van der Waals surface area contributed by atoms with Gasteiger partial charge in [-0.25, -0.2) is 0 Å². The van der Waals surface area contributed by atoms with E-state index < -0.39 is 0 Å². The number of benzene rings is 2. The third kappa shape index (κ3) is 4.23. The minimum absolute atomic E-state index is 0.0961. The maximum atomic E-state index is 12.1. The number of nitrogens with zero attached hydrogens (tertiary/aromatic N) is 1.